The molecular formula is C23H27Cl2N3O4S. The van der Waals surface area contributed by atoms with E-state index >= 15 is 0 Å². The molecule has 0 unspecified atom stereocenters. The molecule has 1 aromatic heterocycles. The first-order chi connectivity index (χ1) is 15.9. The molecule has 1 aliphatic carbocycles. The van der Waals surface area contributed by atoms with Crippen molar-refractivity contribution < 1.29 is 19.4 Å². The zero-order chi connectivity index (χ0) is 24.0. The number of thioether (sulfide) groups is 1. The van der Waals surface area contributed by atoms with Crippen LogP contribution in [0, 0.1) is 5.92 Å². The second-order valence-electron chi connectivity index (χ2n) is 7.94. The zero-order valence-corrected chi connectivity index (χ0v) is 20.9. The fourth-order valence-electron chi connectivity index (χ4n) is 4.19. The molecule has 7 nitrogen and oxygen atoms in total. The molecule has 10 heteroatoms. The molecule has 1 heterocycles. The highest BCUT2D eigenvalue weighted by Crippen LogP contribution is 2.38. The topological polar surface area (TPSA) is 92.6 Å². The van der Waals surface area contributed by atoms with Gasteiger partial charge in [-0.1, -0.05) is 47.1 Å². The van der Waals surface area contributed by atoms with Gasteiger partial charge in [-0.3, -0.25) is 9.59 Å². The summed E-state index contributed by atoms with van der Waals surface area (Å²) in [6.45, 7) is -0.148. The van der Waals surface area contributed by atoms with Gasteiger partial charge in [0.15, 0.2) is 5.16 Å². The molecule has 1 aromatic carbocycles. The van der Waals surface area contributed by atoms with E-state index in [0.717, 1.165) is 25.7 Å². The van der Waals surface area contributed by atoms with E-state index in [-0.39, 0.29) is 35.0 Å². The van der Waals surface area contributed by atoms with Crippen LogP contribution in [0.4, 0.5) is 5.69 Å². The molecule has 0 saturated heterocycles. The Morgan fingerprint density at radius 1 is 1.12 bits per heavy atom. The van der Waals surface area contributed by atoms with Crippen molar-refractivity contribution in [2.75, 3.05) is 31.4 Å². The van der Waals surface area contributed by atoms with E-state index in [2.05, 4.69) is 9.97 Å². The van der Waals surface area contributed by atoms with Crippen molar-refractivity contribution in [3.05, 3.63) is 45.7 Å². The van der Waals surface area contributed by atoms with Crippen LogP contribution < -0.4 is 4.90 Å². The van der Waals surface area contributed by atoms with Crippen molar-refractivity contribution >= 4 is 52.5 Å². The monoisotopic (exact) mass is 511 g/mol. The number of aliphatic hydroxyl groups excluding tert-OH is 1. The number of hydrogen-bond acceptors (Lipinski definition) is 7. The van der Waals surface area contributed by atoms with E-state index in [9.17, 15) is 14.7 Å². The first kappa shape index (κ1) is 25.7. The van der Waals surface area contributed by atoms with Gasteiger partial charge < -0.3 is 14.7 Å². The smallest absolute Gasteiger partial charge is 0.305 e. The van der Waals surface area contributed by atoms with Gasteiger partial charge in [-0.15, -0.1) is 0 Å². The second kappa shape index (κ2) is 12.0. The molecule has 178 valence electrons. The van der Waals surface area contributed by atoms with E-state index in [4.69, 9.17) is 27.9 Å². The highest BCUT2D eigenvalue weighted by molar-refractivity contribution is 7.98. The average Bonchev–Trinajstić information content (AvgIpc) is 2.82. The Morgan fingerprint density at radius 2 is 1.73 bits per heavy atom. The average molecular weight is 512 g/mol. The predicted molar refractivity (Wildman–Crippen MR) is 130 cm³/mol. The van der Waals surface area contributed by atoms with E-state index in [1.54, 1.807) is 6.26 Å². The molecule has 1 N–H and O–H groups in total. The van der Waals surface area contributed by atoms with E-state index in [1.807, 2.05) is 24.3 Å². The van der Waals surface area contributed by atoms with Gasteiger partial charge in [-0.25, -0.2) is 9.97 Å². The van der Waals surface area contributed by atoms with Gasteiger partial charge in [0.25, 0.3) is 5.91 Å². The van der Waals surface area contributed by atoms with Gasteiger partial charge in [0.1, 0.15) is 15.9 Å². The molecule has 0 spiro atoms. The Kier molecular flexibility index (Phi) is 9.37. The van der Waals surface area contributed by atoms with Crippen LogP contribution in [0.25, 0.3) is 0 Å². The van der Waals surface area contributed by atoms with Crippen molar-refractivity contribution in [1.82, 2.24) is 9.97 Å². The van der Waals surface area contributed by atoms with Gasteiger partial charge in [-0.2, -0.15) is 0 Å². The molecule has 0 atom stereocenters. The van der Waals surface area contributed by atoms with Crippen molar-refractivity contribution in [2.45, 2.75) is 43.2 Å². The molecule has 2 aromatic rings. The van der Waals surface area contributed by atoms with Crippen LogP contribution in [-0.2, 0) is 9.53 Å². The number of esters is 1. The van der Waals surface area contributed by atoms with Crippen LogP contribution in [0.15, 0.2) is 29.4 Å². The molecule has 0 radical (unpaired) electrons. The first-order valence-corrected chi connectivity index (χ1v) is 12.7. The zero-order valence-electron chi connectivity index (χ0n) is 18.6. The minimum atomic E-state index is -0.470. The van der Waals surface area contributed by atoms with Crippen molar-refractivity contribution in [3.8, 4) is 0 Å². The highest BCUT2D eigenvalue weighted by Gasteiger charge is 2.27. The SMILES string of the molecule is COC(=O)C[C@H]1CC[C@H](c2ccc(N(CCO)C(=O)c3c(Cl)nc(SC)nc3Cl)cc2)CC1. The van der Waals surface area contributed by atoms with Crippen LogP contribution in [-0.4, -0.2) is 53.5 Å². The van der Waals surface area contributed by atoms with Crippen molar-refractivity contribution in [2.24, 2.45) is 5.92 Å². The summed E-state index contributed by atoms with van der Waals surface area (Å²) < 4.78 is 4.78. The Labute approximate surface area is 207 Å². The lowest BCUT2D eigenvalue weighted by Gasteiger charge is -2.29. The summed E-state index contributed by atoms with van der Waals surface area (Å²) in [5.41, 5.74) is 1.83. The van der Waals surface area contributed by atoms with E-state index in [1.165, 1.54) is 29.3 Å². The maximum absolute atomic E-state index is 13.2. The summed E-state index contributed by atoms with van der Waals surface area (Å²) in [5, 5.41) is 9.89. The number of benzene rings is 1. The molecular weight excluding hydrogens is 485 g/mol. The van der Waals surface area contributed by atoms with E-state index in [0.29, 0.717) is 29.1 Å². The number of aromatic nitrogens is 2. The number of ether oxygens (including phenoxy) is 1. The number of amides is 1. The molecule has 1 aliphatic rings. The number of halogens is 2. The van der Waals surface area contributed by atoms with E-state index < -0.39 is 5.91 Å². The number of nitrogens with zero attached hydrogens (tertiary/aromatic N) is 3. The Bertz CT molecular complexity index is 959. The number of carbonyl (C=O) groups excluding carboxylic acids is 2. The van der Waals surface area contributed by atoms with Crippen LogP contribution in [0.3, 0.4) is 0 Å². The fourth-order valence-corrected chi connectivity index (χ4v) is 5.20. The number of aliphatic hydroxyl groups is 1. The molecule has 33 heavy (non-hydrogen) atoms. The maximum Gasteiger partial charge on any atom is 0.305 e. The minimum absolute atomic E-state index is 0.0117. The lowest BCUT2D eigenvalue weighted by Crippen LogP contribution is -2.34. The van der Waals surface area contributed by atoms with Gasteiger partial charge >= 0.3 is 5.97 Å². The Hall–Kier alpha value is -1.87. The third kappa shape index (κ3) is 6.38. The lowest BCUT2D eigenvalue weighted by molar-refractivity contribution is -0.142. The highest BCUT2D eigenvalue weighted by atomic mass is 35.5. The summed E-state index contributed by atoms with van der Waals surface area (Å²) in [4.78, 5) is 34.4. The molecule has 1 fully saturated rings. The maximum atomic E-state index is 13.2. The Balaban J connectivity index is 1.74. The summed E-state index contributed by atoms with van der Waals surface area (Å²) in [6.07, 6.45) is 6.25. The summed E-state index contributed by atoms with van der Waals surface area (Å²) >= 11 is 13.7. The van der Waals surface area contributed by atoms with Crippen LogP contribution in [0.5, 0.6) is 0 Å². The fraction of sp³-hybridized carbons (Fsp3) is 0.478. The van der Waals surface area contributed by atoms with Crippen LogP contribution >= 0.6 is 35.0 Å². The number of rotatable bonds is 8. The second-order valence-corrected chi connectivity index (χ2v) is 9.43. The van der Waals surface area contributed by atoms with Gasteiger partial charge in [-0.05, 0) is 61.5 Å². The summed E-state index contributed by atoms with van der Waals surface area (Å²) in [5.74, 6) is 0.166. The van der Waals surface area contributed by atoms with Crippen LogP contribution in [0.1, 0.15) is 53.9 Å². The summed E-state index contributed by atoms with van der Waals surface area (Å²) in [7, 11) is 1.43. The standard InChI is InChI=1S/C23H27Cl2N3O4S/c1-32-18(30)13-14-3-5-15(6-4-14)16-7-9-17(10-8-16)28(11-12-29)22(31)19-20(24)26-23(33-2)27-21(19)25/h7-10,14-15,29H,3-6,11-13H2,1-2H3/t14-,15-. The molecule has 0 aliphatic heterocycles. The number of anilines is 1. The molecule has 0 bridgehead atoms. The number of methoxy groups -OCH3 is 1. The summed E-state index contributed by atoms with van der Waals surface area (Å²) in [6, 6.07) is 7.74. The van der Waals surface area contributed by atoms with Crippen molar-refractivity contribution in [1.29, 1.82) is 0 Å². The minimum Gasteiger partial charge on any atom is -0.469 e. The Morgan fingerprint density at radius 3 is 2.24 bits per heavy atom. The third-order valence-electron chi connectivity index (χ3n) is 5.97. The largest absolute Gasteiger partial charge is 0.469 e. The van der Waals surface area contributed by atoms with Gasteiger partial charge in [0, 0.05) is 18.7 Å². The molecule has 3 rings (SSSR count). The number of hydrogen-bond donors (Lipinski definition) is 1. The third-order valence-corrected chi connectivity index (χ3v) is 7.07. The molecule has 1 saturated carbocycles. The van der Waals surface area contributed by atoms with Gasteiger partial charge in [0.2, 0.25) is 0 Å². The quantitative estimate of drug-likeness (QED) is 0.231. The van der Waals surface area contributed by atoms with Crippen LogP contribution in [0.2, 0.25) is 10.3 Å². The number of carbonyl (C=O) groups is 2. The predicted octanol–water partition coefficient (Wildman–Crippen LogP) is 4.98. The van der Waals surface area contributed by atoms with Crippen molar-refractivity contribution in [3.63, 3.8) is 0 Å². The molecule has 1 amide bonds. The first-order valence-electron chi connectivity index (χ1n) is 10.7. The normalized spacial score (nSPS) is 18.1. The van der Waals surface area contributed by atoms with Gasteiger partial charge in [0.05, 0.1) is 13.7 Å². The lowest BCUT2D eigenvalue weighted by atomic mass is 9.77.